The van der Waals surface area contributed by atoms with E-state index in [0.29, 0.717) is 19.4 Å². The average Bonchev–Trinajstić information content (AvgIpc) is 3.21. The molecule has 8 heteroatoms. The first-order chi connectivity index (χ1) is 28.7. The Morgan fingerprint density at radius 3 is 1.41 bits per heavy atom. The molecule has 0 spiro atoms. The lowest BCUT2D eigenvalue weighted by molar-refractivity contribution is -0.161. The maximum Gasteiger partial charge on any atom is 0.306 e. The summed E-state index contributed by atoms with van der Waals surface area (Å²) >= 11 is 0. The van der Waals surface area contributed by atoms with E-state index in [1.54, 1.807) is 0 Å². The summed E-state index contributed by atoms with van der Waals surface area (Å²) in [7, 11) is -1.46. The summed E-state index contributed by atoms with van der Waals surface area (Å²) in [5.74, 6) is 0.343. The molecule has 1 rings (SSSR count). The topological polar surface area (TPSA) is 74.3 Å². The fraction of sp³-hybridized carbons (Fsp3) is 0.843. The highest BCUT2D eigenvalue weighted by atomic mass is 31.2. The Morgan fingerprint density at radius 2 is 0.949 bits per heavy atom. The van der Waals surface area contributed by atoms with Crippen LogP contribution in [0.2, 0.25) is 0 Å². The van der Waals surface area contributed by atoms with Crippen LogP contribution in [-0.2, 0) is 34.7 Å². The van der Waals surface area contributed by atoms with Gasteiger partial charge < -0.3 is 18.5 Å². The van der Waals surface area contributed by atoms with Crippen molar-refractivity contribution in [3.8, 4) is 0 Å². The second-order valence-electron chi connectivity index (χ2n) is 18.0. The van der Waals surface area contributed by atoms with Crippen molar-refractivity contribution in [3.63, 3.8) is 0 Å². The predicted octanol–water partition coefficient (Wildman–Crippen LogP) is 16.0. The summed E-state index contributed by atoms with van der Waals surface area (Å²) in [4.78, 5) is 26.0. The van der Waals surface area contributed by atoms with Crippen molar-refractivity contribution >= 4 is 20.5 Å². The lowest BCUT2D eigenvalue weighted by atomic mass is 9.96. The Morgan fingerprint density at radius 1 is 0.525 bits per heavy atom. The second-order valence-corrected chi connectivity index (χ2v) is 19.4. The first kappa shape index (κ1) is 55.5. The minimum absolute atomic E-state index is 0.00861. The van der Waals surface area contributed by atoms with Crippen molar-refractivity contribution in [3.05, 3.63) is 35.9 Å². The zero-order chi connectivity index (χ0) is 43.2. The van der Waals surface area contributed by atoms with Crippen LogP contribution in [0.5, 0.6) is 0 Å². The Bertz CT molecular complexity index is 1080. The van der Waals surface area contributed by atoms with Gasteiger partial charge in [-0.05, 0) is 52.0 Å². The average molecular weight is 848 g/mol. The zero-order valence-corrected chi connectivity index (χ0v) is 40.6. The molecule has 0 aliphatic rings. The standard InChI is InChI=1S/C51H94NO6P/c1-8-10-12-14-16-17-18-19-20-21-22-28-35-41-51(54)58-49(44-57-59(52(45(3)4)46(5)6)56-42-48-38-32-29-33-39-48)43-55-50(53)40-34-27-24-23-26-31-37-47(7)36-30-25-15-13-11-9-2/h29,32-33,38-39,45-47,49H,8-28,30-31,34-37,40-44H2,1-7H3/t47-,49-,59?/m1/s1. The summed E-state index contributed by atoms with van der Waals surface area (Å²) in [6.45, 7) is 16.0. The van der Waals surface area contributed by atoms with Gasteiger partial charge in [0.05, 0.1) is 13.2 Å². The molecular formula is C51H94NO6P. The van der Waals surface area contributed by atoms with E-state index in [-0.39, 0.29) is 37.2 Å². The largest absolute Gasteiger partial charge is 0.462 e. The van der Waals surface area contributed by atoms with Crippen LogP contribution in [0.1, 0.15) is 240 Å². The summed E-state index contributed by atoms with van der Waals surface area (Å²) < 4.78 is 26.8. The molecule has 0 heterocycles. The maximum atomic E-state index is 13.1. The normalized spacial score (nSPS) is 13.3. The van der Waals surface area contributed by atoms with E-state index < -0.39 is 14.6 Å². The van der Waals surface area contributed by atoms with Gasteiger partial charge in [0.15, 0.2) is 6.10 Å². The molecule has 3 atom stereocenters. The number of nitrogens with zero attached hydrogens (tertiary/aromatic N) is 1. The van der Waals surface area contributed by atoms with Gasteiger partial charge in [-0.1, -0.05) is 212 Å². The number of benzene rings is 1. The molecule has 0 bridgehead atoms. The van der Waals surface area contributed by atoms with Crippen LogP contribution >= 0.6 is 8.53 Å². The number of carbonyl (C=O) groups is 2. The third-order valence-electron chi connectivity index (χ3n) is 11.4. The third-order valence-corrected chi connectivity index (χ3v) is 13.4. The number of hydrogen-bond acceptors (Lipinski definition) is 7. The van der Waals surface area contributed by atoms with E-state index in [2.05, 4.69) is 53.1 Å². The van der Waals surface area contributed by atoms with Gasteiger partial charge in [0.1, 0.15) is 6.61 Å². The van der Waals surface area contributed by atoms with Crippen molar-refractivity contribution in [1.82, 2.24) is 4.67 Å². The molecule has 0 saturated heterocycles. The first-order valence-corrected chi connectivity index (χ1v) is 26.0. The number of hydrogen-bond donors (Lipinski definition) is 0. The van der Waals surface area contributed by atoms with E-state index in [9.17, 15) is 9.59 Å². The molecule has 0 N–H and O–H groups in total. The van der Waals surface area contributed by atoms with Gasteiger partial charge >= 0.3 is 11.9 Å². The van der Waals surface area contributed by atoms with Crippen molar-refractivity contribution in [1.29, 1.82) is 0 Å². The SMILES string of the molecule is CCCCCCCCCCCCCCCC(=O)O[C@H](COC(=O)CCCCCCCC[C@H](C)CCCCCCCC)COP(OCc1ccccc1)N(C(C)C)C(C)C. The minimum atomic E-state index is -1.46. The smallest absolute Gasteiger partial charge is 0.306 e. The van der Waals surface area contributed by atoms with Crippen molar-refractivity contribution < 1.29 is 28.1 Å². The molecule has 0 aliphatic heterocycles. The molecule has 0 radical (unpaired) electrons. The van der Waals surface area contributed by atoms with E-state index in [1.165, 1.54) is 135 Å². The highest BCUT2D eigenvalue weighted by Gasteiger charge is 2.29. The van der Waals surface area contributed by atoms with Crippen molar-refractivity contribution in [2.24, 2.45) is 5.92 Å². The van der Waals surface area contributed by atoms with E-state index >= 15 is 0 Å². The van der Waals surface area contributed by atoms with Crippen molar-refractivity contribution in [2.75, 3.05) is 13.2 Å². The fourth-order valence-corrected chi connectivity index (χ4v) is 9.44. The third kappa shape index (κ3) is 32.8. The first-order valence-electron chi connectivity index (χ1n) is 24.9. The molecule has 7 nitrogen and oxygen atoms in total. The number of ether oxygens (including phenoxy) is 2. The molecule has 0 amide bonds. The van der Waals surface area contributed by atoms with Gasteiger partial charge in [0, 0.05) is 24.9 Å². The van der Waals surface area contributed by atoms with Gasteiger partial charge in [-0.3, -0.25) is 9.59 Å². The zero-order valence-electron chi connectivity index (χ0n) is 39.7. The van der Waals surface area contributed by atoms with Crippen LogP contribution in [0, 0.1) is 5.92 Å². The van der Waals surface area contributed by atoms with Crippen molar-refractivity contribution in [2.45, 2.75) is 259 Å². The molecule has 0 fully saturated rings. The maximum absolute atomic E-state index is 13.1. The molecule has 0 aromatic heterocycles. The van der Waals surface area contributed by atoms with Crippen LogP contribution in [0.3, 0.4) is 0 Å². The summed E-state index contributed by atoms with van der Waals surface area (Å²) in [5.41, 5.74) is 1.07. The van der Waals surface area contributed by atoms with Crippen LogP contribution in [0.4, 0.5) is 0 Å². The molecule has 344 valence electrons. The minimum Gasteiger partial charge on any atom is -0.462 e. The Hall–Kier alpha value is -1.53. The summed E-state index contributed by atoms with van der Waals surface area (Å²) in [6, 6.07) is 10.5. The van der Waals surface area contributed by atoms with E-state index in [1.807, 2.05) is 30.3 Å². The van der Waals surface area contributed by atoms with Gasteiger partial charge in [0.25, 0.3) is 8.53 Å². The van der Waals surface area contributed by atoms with Crippen LogP contribution < -0.4 is 0 Å². The van der Waals surface area contributed by atoms with Gasteiger partial charge in [-0.15, -0.1) is 0 Å². The number of carbonyl (C=O) groups excluding carboxylic acids is 2. The summed E-state index contributed by atoms with van der Waals surface area (Å²) in [5, 5.41) is 0. The van der Waals surface area contributed by atoms with Crippen LogP contribution in [-0.4, -0.2) is 48.0 Å². The Labute approximate surface area is 366 Å². The Balaban J connectivity index is 2.54. The van der Waals surface area contributed by atoms with Crippen LogP contribution in [0.15, 0.2) is 30.3 Å². The van der Waals surface area contributed by atoms with Gasteiger partial charge in [-0.2, -0.15) is 0 Å². The highest BCUT2D eigenvalue weighted by molar-refractivity contribution is 7.44. The number of esters is 2. The molecular weight excluding hydrogens is 754 g/mol. The lowest BCUT2D eigenvalue weighted by Gasteiger charge is -2.36. The quantitative estimate of drug-likeness (QED) is 0.0368. The molecule has 59 heavy (non-hydrogen) atoms. The number of rotatable bonds is 42. The molecule has 0 aliphatic carbocycles. The molecule has 1 aromatic rings. The molecule has 1 aromatic carbocycles. The molecule has 0 saturated carbocycles. The Kier molecular flexibility index (Phi) is 37.0. The van der Waals surface area contributed by atoms with Gasteiger partial charge in [0.2, 0.25) is 0 Å². The molecule has 1 unspecified atom stereocenters. The summed E-state index contributed by atoms with van der Waals surface area (Å²) in [6.07, 6.45) is 34.2. The van der Waals surface area contributed by atoms with Gasteiger partial charge in [-0.25, -0.2) is 4.67 Å². The monoisotopic (exact) mass is 848 g/mol. The van der Waals surface area contributed by atoms with E-state index in [0.717, 1.165) is 50.0 Å². The predicted molar refractivity (Wildman–Crippen MR) is 251 cm³/mol. The number of unbranched alkanes of at least 4 members (excludes halogenated alkanes) is 22. The second kappa shape index (κ2) is 39.3. The van der Waals surface area contributed by atoms with Crippen LogP contribution in [0.25, 0.3) is 0 Å². The fourth-order valence-electron chi connectivity index (χ4n) is 7.79. The van der Waals surface area contributed by atoms with E-state index in [4.69, 9.17) is 18.5 Å². The highest BCUT2D eigenvalue weighted by Crippen LogP contribution is 2.46. The lowest BCUT2D eigenvalue weighted by Crippen LogP contribution is -2.35.